The van der Waals surface area contributed by atoms with Gasteiger partial charge in [0.1, 0.15) is 21.6 Å². The number of thiocarbonyl (C=S) groups is 1. The van der Waals surface area contributed by atoms with E-state index in [9.17, 15) is 4.79 Å². The number of thioether (sulfide) groups is 1. The maximum atomic E-state index is 13.2. The Balaban J connectivity index is 1.62. The highest BCUT2D eigenvalue weighted by Gasteiger charge is 2.42. The SMILES string of the molecule is O=C1C(=Cc2ccco2)SC(=S)N1C1c2ccccc2Oc2ccccc21. The van der Waals surface area contributed by atoms with Crippen LogP contribution in [0.1, 0.15) is 22.9 Å². The second kappa shape index (κ2) is 6.40. The van der Waals surface area contributed by atoms with Gasteiger partial charge in [0.15, 0.2) is 0 Å². The number of carbonyl (C=O) groups excluding carboxylic acids is 1. The van der Waals surface area contributed by atoms with Crippen LogP contribution in [0.5, 0.6) is 11.5 Å². The van der Waals surface area contributed by atoms with Crippen LogP contribution in [0, 0.1) is 0 Å². The van der Waals surface area contributed by atoms with E-state index in [1.807, 2.05) is 54.6 Å². The highest BCUT2D eigenvalue weighted by Crippen LogP contribution is 2.49. The highest BCUT2D eigenvalue weighted by atomic mass is 32.2. The molecule has 0 atom stereocenters. The van der Waals surface area contributed by atoms with E-state index in [-0.39, 0.29) is 11.9 Å². The monoisotopic (exact) mass is 391 g/mol. The van der Waals surface area contributed by atoms with E-state index < -0.39 is 0 Å². The van der Waals surface area contributed by atoms with Gasteiger partial charge in [-0.25, -0.2) is 0 Å². The maximum Gasteiger partial charge on any atom is 0.267 e. The van der Waals surface area contributed by atoms with E-state index in [1.165, 1.54) is 11.8 Å². The Hall–Kier alpha value is -2.83. The second-order valence-corrected chi connectivity index (χ2v) is 7.82. The van der Waals surface area contributed by atoms with Crippen molar-refractivity contribution in [1.82, 2.24) is 4.90 Å². The zero-order chi connectivity index (χ0) is 18.4. The van der Waals surface area contributed by atoms with Gasteiger partial charge < -0.3 is 9.15 Å². The molecule has 0 bridgehead atoms. The first kappa shape index (κ1) is 16.4. The van der Waals surface area contributed by atoms with E-state index in [1.54, 1.807) is 23.3 Å². The molecule has 2 aliphatic rings. The van der Waals surface area contributed by atoms with Crippen molar-refractivity contribution in [2.45, 2.75) is 6.04 Å². The zero-order valence-corrected chi connectivity index (χ0v) is 15.6. The molecule has 1 saturated heterocycles. The number of ether oxygens (including phenoxy) is 1. The molecule has 0 N–H and O–H groups in total. The first-order chi connectivity index (χ1) is 13.2. The predicted molar refractivity (Wildman–Crippen MR) is 109 cm³/mol. The molecule has 6 heteroatoms. The van der Waals surface area contributed by atoms with Crippen LogP contribution < -0.4 is 4.74 Å². The third-order valence-corrected chi connectivity index (χ3v) is 5.88. The molecule has 3 heterocycles. The lowest BCUT2D eigenvalue weighted by Crippen LogP contribution is -2.34. The molecule has 2 aliphatic heterocycles. The fourth-order valence-electron chi connectivity index (χ4n) is 3.37. The Labute approximate surface area is 165 Å². The molecule has 0 spiro atoms. The van der Waals surface area contributed by atoms with Gasteiger partial charge in [-0.05, 0) is 24.3 Å². The Morgan fingerprint density at radius 2 is 1.63 bits per heavy atom. The van der Waals surface area contributed by atoms with Gasteiger partial charge in [-0.1, -0.05) is 60.4 Å². The number of furan rings is 1. The molecule has 0 saturated carbocycles. The Morgan fingerprint density at radius 1 is 0.963 bits per heavy atom. The van der Waals surface area contributed by atoms with Crippen molar-refractivity contribution in [3.63, 3.8) is 0 Å². The number of fused-ring (bicyclic) bond motifs is 2. The molecule has 0 aliphatic carbocycles. The number of rotatable bonds is 2. The summed E-state index contributed by atoms with van der Waals surface area (Å²) in [6.45, 7) is 0. The summed E-state index contributed by atoms with van der Waals surface area (Å²) in [5.41, 5.74) is 1.85. The molecule has 0 unspecified atom stereocenters. The number of hydrogen-bond acceptors (Lipinski definition) is 5. The van der Waals surface area contributed by atoms with Crippen LogP contribution in [0.15, 0.2) is 76.2 Å². The van der Waals surface area contributed by atoms with Crippen molar-refractivity contribution >= 4 is 40.3 Å². The van der Waals surface area contributed by atoms with E-state index in [0.717, 1.165) is 22.6 Å². The van der Waals surface area contributed by atoms with Gasteiger partial charge in [-0.2, -0.15) is 0 Å². The van der Waals surface area contributed by atoms with Gasteiger partial charge >= 0.3 is 0 Å². The second-order valence-electron chi connectivity index (χ2n) is 6.15. The molecule has 1 fully saturated rings. The van der Waals surface area contributed by atoms with E-state index in [0.29, 0.717) is 15.0 Å². The van der Waals surface area contributed by atoms with Gasteiger partial charge in [0.05, 0.1) is 17.2 Å². The minimum atomic E-state index is -0.318. The van der Waals surface area contributed by atoms with Crippen LogP contribution in [-0.2, 0) is 4.79 Å². The molecule has 2 aromatic carbocycles. The standard InChI is InChI=1S/C21H13NO3S2/c23-20-18(12-13-6-5-11-24-13)27-21(26)22(20)19-14-7-1-3-9-16(14)25-17-10-4-2-8-15(17)19/h1-12,19H. The maximum absolute atomic E-state index is 13.2. The predicted octanol–water partition coefficient (Wildman–Crippen LogP) is 5.38. The van der Waals surface area contributed by atoms with Crippen molar-refractivity contribution in [3.8, 4) is 11.5 Å². The fourth-order valence-corrected chi connectivity index (χ4v) is 4.66. The van der Waals surface area contributed by atoms with Gasteiger partial charge in [0, 0.05) is 17.2 Å². The van der Waals surface area contributed by atoms with Crippen molar-refractivity contribution < 1.29 is 13.9 Å². The van der Waals surface area contributed by atoms with E-state index >= 15 is 0 Å². The summed E-state index contributed by atoms with van der Waals surface area (Å²) < 4.78 is 11.9. The molecule has 5 rings (SSSR count). The number of para-hydroxylation sites is 2. The summed E-state index contributed by atoms with van der Waals surface area (Å²) in [7, 11) is 0. The fraction of sp³-hybridized carbons (Fsp3) is 0.0476. The summed E-state index contributed by atoms with van der Waals surface area (Å²) in [4.78, 5) is 15.5. The smallest absolute Gasteiger partial charge is 0.267 e. The van der Waals surface area contributed by atoms with Crippen LogP contribution in [0.3, 0.4) is 0 Å². The molecule has 1 aromatic heterocycles. The molecular weight excluding hydrogens is 378 g/mol. The number of nitrogens with zero attached hydrogens (tertiary/aromatic N) is 1. The minimum Gasteiger partial charge on any atom is -0.465 e. The first-order valence-electron chi connectivity index (χ1n) is 8.38. The molecule has 0 radical (unpaired) electrons. The summed E-state index contributed by atoms with van der Waals surface area (Å²) in [6.07, 6.45) is 3.31. The van der Waals surface area contributed by atoms with Gasteiger partial charge in [0.25, 0.3) is 5.91 Å². The lowest BCUT2D eigenvalue weighted by atomic mass is 9.93. The van der Waals surface area contributed by atoms with Gasteiger partial charge in [0.2, 0.25) is 0 Å². The summed E-state index contributed by atoms with van der Waals surface area (Å²) in [6, 6.07) is 18.8. The van der Waals surface area contributed by atoms with Crippen LogP contribution in [0.4, 0.5) is 0 Å². The molecule has 132 valence electrons. The molecule has 4 nitrogen and oxygen atoms in total. The minimum absolute atomic E-state index is 0.127. The quantitative estimate of drug-likeness (QED) is 0.434. The number of amides is 1. The van der Waals surface area contributed by atoms with Crippen LogP contribution in [-0.4, -0.2) is 15.1 Å². The van der Waals surface area contributed by atoms with Gasteiger partial charge in [-0.15, -0.1) is 0 Å². The Bertz CT molecular complexity index is 1040. The average Bonchev–Trinajstić information content (AvgIpc) is 3.29. The lowest BCUT2D eigenvalue weighted by molar-refractivity contribution is -0.123. The molecule has 3 aromatic rings. The number of hydrogen-bond donors (Lipinski definition) is 0. The third kappa shape index (κ3) is 2.69. The van der Waals surface area contributed by atoms with Crippen molar-refractivity contribution in [2.24, 2.45) is 0 Å². The van der Waals surface area contributed by atoms with E-state index in [4.69, 9.17) is 21.4 Å². The average molecular weight is 391 g/mol. The van der Waals surface area contributed by atoms with Crippen molar-refractivity contribution in [2.75, 3.05) is 0 Å². The number of benzene rings is 2. The Morgan fingerprint density at radius 3 is 2.26 bits per heavy atom. The van der Waals surface area contributed by atoms with Gasteiger partial charge in [-0.3, -0.25) is 9.69 Å². The highest BCUT2D eigenvalue weighted by molar-refractivity contribution is 8.26. The van der Waals surface area contributed by atoms with E-state index in [2.05, 4.69) is 0 Å². The summed E-state index contributed by atoms with van der Waals surface area (Å²) in [5, 5.41) is 0. The Kier molecular flexibility index (Phi) is 3.88. The van der Waals surface area contributed by atoms with Crippen LogP contribution in [0.2, 0.25) is 0 Å². The molecule has 1 amide bonds. The van der Waals surface area contributed by atoms with Crippen molar-refractivity contribution in [3.05, 3.63) is 88.7 Å². The third-order valence-electron chi connectivity index (χ3n) is 4.55. The number of carbonyl (C=O) groups is 1. The zero-order valence-electron chi connectivity index (χ0n) is 14.0. The normalized spacial score (nSPS) is 17.8. The van der Waals surface area contributed by atoms with Crippen molar-refractivity contribution in [1.29, 1.82) is 0 Å². The topological polar surface area (TPSA) is 42.7 Å². The molecular formula is C21H13NO3S2. The van der Waals surface area contributed by atoms with Crippen LogP contribution >= 0.6 is 24.0 Å². The summed E-state index contributed by atoms with van der Waals surface area (Å²) in [5.74, 6) is 1.98. The van der Waals surface area contributed by atoms with Crippen LogP contribution in [0.25, 0.3) is 6.08 Å². The first-order valence-corrected chi connectivity index (χ1v) is 9.61. The summed E-state index contributed by atoms with van der Waals surface area (Å²) >= 11 is 6.88. The molecule has 27 heavy (non-hydrogen) atoms. The lowest BCUT2D eigenvalue weighted by Gasteiger charge is -2.33. The largest absolute Gasteiger partial charge is 0.465 e.